The van der Waals surface area contributed by atoms with Gasteiger partial charge in [0.15, 0.2) is 0 Å². The third-order valence-electron chi connectivity index (χ3n) is 6.55. The molecule has 1 N–H and O–H groups in total. The molecule has 21 heavy (non-hydrogen) atoms. The lowest BCUT2D eigenvalue weighted by atomic mass is 9.49. The van der Waals surface area contributed by atoms with Crippen LogP contribution < -0.4 is 0 Å². The van der Waals surface area contributed by atoms with Crippen LogP contribution in [0.1, 0.15) is 57.8 Å². The van der Waals surface area contributed by atoms with E-state index in [1.165, 1.54) is 38.5 Å². The third kappa shape index (κ3) is 2.27. The molecule has 1 saturated heterocycles. The molecule has 4 saturated carbocycles. The topological polar surface area (TPSA) is 57.6 Å². The molecular weight excluding hydrogens is 266 g/mol. The predicted octanol–water partition coefficient (Wildman–Crippen LogP) is 2.67. The molecule has 4 bridgehead atoms. The van der Waals surface area contributed by atoms with Gasteiger partial charge in [-0.15, -0.1) is 0 Å². The summed E-state index contributed by atoms with van der Waals surface area (Å²) in [7, 11) is 0. The smallest absolute Gasteiger partial charge is 0.326 e. The van der Waals surface area contributed by atoms with E-state index in [9.17, 15) is 14.7 Å². The zero-order valence-electron chi connectivity index (χ0n) is 12.6. The van der Waals surface area contributed by atoms with E-state index < -0.39 is 12.0 Å². The molecule has 1 heterocycles. The highest BCUT2D eigenvalue weighted by atomic mass is 16.4. The highest BCUT2D eigenvalue weighted by molar-refractivity contribution is 5.84. The molecule has 116 valence electrons. The SMILES string of the molecule is O=C(O)[C@H]1CCCN1C(=O)CC12CC3CC(CC(C3)C1)C2. The zero-order valence-corrected chi connectivity index (χ0v) is 12.6. The Morgan fingerprint density at radius 1 is 1.05 bits per heavy atom. The van der Waals surface area contributed by atoms with Crippen LogP contribution in [0.15, 0.2) is 0 Å². The van der Waals surface area contributed by atoms with Crippen molar-refractivity contribution in [2.75, 3.05) is 6.54 Å². The number of hydrogen-bond acceptors (Lipinski definition) is 2. The van der Waals surface area contributed by atoms with Gasteiger partial charge in [0.1, 0.15) is 6.04 Å². The molecule has 0 radical (unpaired) electrons. The first-order valence-corrected chi connectivity index (χ1v) is 8.57. The monoisotopic (exact) mass is 291 g/mol. The van der Waals surface area contributed by atoms with Gasteiger partial charge in [0.05, 0.1) is 0 Å². The van der Waals surface area contributed by atoms with Gasteiger partial charge >= 0.3 is 5.97 Å². The molecule has 0 unspecified atom stereocenters. The first-order valence-electron chi connectivity index (χ1n) is 8.57. The molecule has 5 rings (SSSR count). The Labute approximate surface area is 125 Å². The summed E-state index contributed by atoms with van der Waals surface area (Å²) in [6, 6.07) is -0.564. The van der Waals surface area contributed by atoms with Gasteiger partial charge in [0.2, 0.25) is 5.91 Å². The highest BCUT2D eigenvalue weighted by Crippen LogP contribution is 2.61. The Balaban J connectivity index is 1.48. The number of carbonyl (C=O) groups excluding carboxylic acids is 1. The number of carbonyl (C=O) groups is 2. The van der Waals surface area contributed by atoms with Gasteiger partial charge < -0.3 is 10.0 Å². The lowest BCUT2D eigenvalue weighted by Gasteiger charge is -2.57. The van der Waals surface area contributed by atoms with Crippen LogP contribution in [0.3, 0.4) is 0 Å². The second kappa shape index (κ2) is 4.72. The maximum absolute atomic E-state index is 12.7. The Morgan fingerprint density at radius 3 is 2.14 bits per heavy atom. The fraction of sp³-hybridized carbons (Fsp3) is 0.882. The van der Waals surface area contributed by atoms with Crippen molar-refractivity contribution in [3.63, 3.8) is 0 Å². The van der Waals surface area contributed by atoms with Gasteiger partial charge in [0, 0.05) is 13.0 Å². The quantitative estimate of drug-likeness (QED) is 0.869. The van der Waals surface area contributed by atoms with Crippen molar-refractivity contribution in [3.8, 4) is 0 Å². The largest absolute Gasteiger partial charge is 0.480 e. The summed E-state index contributed by atoms with van der Waals surface area (Å²) in [6.45, 7) is 0.641. The van der Waals surface area contributed by atoms with Gasteiger partial charge in [0.25, 0.3) is 0 Å². The average Bonchev–Trinajstić information content (AvgIpc) is 2.85. The van der Waals surface area contributed by atoms with Crippen molar-refractivity contribution in [2.24, 2.45) is 23.2 Å². The van der Waals surface area contributed by atoms with Crippen LogP contribution in [-0.2, 0) is 9.59 Å². The van der Waals surface area contributed by atoms with Crippen molar-refractivity contribution in [1.82, 2.24) is 4.90 Å². The van der Waals surface area contributed by atoms with E-state index in [1.807, 2.05) is 0 Å². The minimum atomic E-state index is -0.827. The number of amides is 1. The Hall–Kier alpha value is -1.06. The van der Waals surface area contributed by atoms with E-state index in [0.29, 0.717) is 19.4 Å². The minimum absolute atomic E-state index is 0.113. The average molecular weight is 291 g/mol. The van der Waals surface area contributed by atoms with E-state index in [4.69, 9.17) is 0 Å². The second-order valence-corrected chi connectivity index (χ2v) is 8.18. The predicted molar refractivity (Wildman–Crippen MR) is 77.6 cm³/mol. The maximum atomic E-state index is 12.7. The summed E-state index contributed by atoms with van der Waals surface area (Å²) in [6.07, 6.45) is 9.88. The Kier molecular flexibility index (Phi) is 3.05. The molecule has 4 heteroatoms. The first-order chi connectivity index (χ1) is 10.0. The molecular formula is C17H25NO3. The summed E-state index contributed by atoms with van der Waals surface area (Å²) in [5, 5.41) is 9.27. The molecule has 0 spiro atoms. The van der Waals surface area contributed by atoms with Crippen LogP contribution in [0.2, 0.25) is 0 Å². The number of aliphatic carboxylic acids is 1. The summed E-state index contributed by atoms with van der Waals surface area (Å²) in [5.41, 5.74) is 0.220. The fourth-order valence-electron chi connectivity index (χ4n) is 6.25. The van der Waals surface area contributed by atoms with Crippen LogP contribution in [0, 0.1) is 23.2 Å². The van der Waals surface area contributed by atoms with E-state index in [0.717, 1.165) is 24.2 Å². The highest BCUT2D eigenvalue weighted by Gasteiger charge is 2.52. The number of carboxylic acid groups (broad SMARTS) is 1. The molecule has 4 nitrogen and oxygen atoms in total. The lowest BCUT2D eigenvalue weighted by molar-refractivity contribution is -0.151. The van der Waals surface area contributed by atoms with E-state index in [1.54, 1.807) is 4.90 Å². The van der Waals surface area contributed by atoms with E-state index in [-0.39, 0.29) is 11.3 Å². The zero-order chi connectivity index (χ0) is 14.6. The molecule has 1 aliphatic heterocycles. The standard InChI is InChI=1S/C17H25NO3/c19-15(18-3-1-2-14(18)16(20)21)10-17-7-11-4-12(8-17)6-13(5-11)9-17/h11-14H,1-10H2,(H,20,21)/t11?,12?,13?,14-,17?/m1/s1. The van der Waals surface area contributed by atoms with Crippen LogP contribution >= 0.6 is 0 Å². The fourth-order valence-corrected chi connectivity index (χ4v) is 6.25. The van der Waals surface area contributed by atoms with Gasteiger partial charge in [-0.1, -0.05) is 0 Å². The van der Waals surface area contributed by atoms with Gasteiger partial charge in [-0.25, -0.2) is 4.79 Å². The van der Waals surface area contributed by atoms with Crippen LogP contribution in [0.4, 0.5) is 0 Å². The molecule has 1 amide bonds. The van der Waals surface area contributed by atoms with Gasteiger partial charge in [-0.3, -0.25) is 4.79 Å². The van der Waals surface area contributed by atoms with Crippen molar-refractivity contribution in [2.45, 2.75) is 63.8 Å². The third-order valence-corrected chi connectivity index (χ3v) is 6.55. The molecule has 0 aromatic carbocycles. The second-order valence-electron chi connectivity index (χ2n) is 8.18. The van der Waals surface area contributed by atoms with Crippen molar-refractivity contribution < 1.29 is 14.7 Å². The lowest BCUT2D eigenvalue weighted by Crippen LogP contribution is -2.49. The molecule has 0 aromatic rings. The van der Waals surface area contributed by atoms with Crippen LogP contribution in [0.5, 0.6) is 0 Å². The van der Waals surface area contributed by atoms with E-state index in [2.05, 4.69) is 0 Å². The summed E-state index contributed by atoms with van der Waals surface area (Å²) < 4.78 is 0. The number of rotatable bonds is 3. The number of nitrogens with zero attached hydrogens (tertiary/aromatic N) is 1. The number of likely N-dealkylation sites (tertiary alicyclic amines) is 1. The first kappa shape index (κ1) is 13.6. The molecule has 0 aromatic heterocycles. The van der Waals surface area contributed by atoms with Crippen LogP contribution in [-0.4, -0.2) is 34.5 Å². The maximum Gasteiger partial charge on any atom is 0.326 e. The summed E-state index contributed by atoms with van der Waals surface area (Å²) in [4.78, 5) is 25.6. The molecule has 1 atom stereocenters. The van der Waals surface area contributed by atoms with Crippen molar-refractivity contribution in [1.29, 1.82) is 0 Å². The summed E-state index contributed by atoms with van der Waals surface area (Å²) >= 11 is 0. The normalized spacial score (nSPS) is 44.3. The number of hydrogen-bond donors (Lipinski definition) is 1. The van der Waals surface area contributed by atoms with Crippen molar-refractivity contribution >= 4 is 11.9 Å². The minimum Gasteiger partial charge on any atom is -0.480 e. The Bertz CT molecular complexity index is 437. The Morgan fingerprint density at radius 2 is 1.62 bits per heavy atom. The van der Waals surface area contributed by atoms with Crippen molar-refractivity contribution in [3.05, 3.63) is 0 Å². The number of carboxylic acids is 1. The van der Waals surface area contributed by atoms with Gasteiger partial charge in [-0.2, -0.15) is 0 Å². The summed E-state index contributed by atoms with van der Waals surface area (Å²) in [5.74, 6) is 1.82. The van der Waals surface area contributed by atoms with Gasteiger partial charge in [-0.05, 0) is 74.5 Å². The van der Waals surface area contributed by atoms with E-state index >= 15 is 0 Å². The molecule has 5 fully saturated rings. The molecule has 5 aliphatic rings. The van der Waals surface area contributed by atoms with Crippen LogP contribution in [0.25, 0.3) is 0 Å². The molecule has 4 aliphatic carbocycles.